The van der Waals surface area contributed by atoms with E-state index in [9.17, 15) is 14.7 Å². The first-order valence-electron chi connectivity index (χ1n) is 10.3. The number of carbonyl (C=O) groups excluding carboxylic acids is 2. The van der Waals surface area contributed by atoms with Crippen molar-refractivity contribution >= 4 is 23.1 Å². The maximum Gasteiger partial charge on any atom is 0.282 e. The molecule has 4 rings (SSSR count). The lowest BCUT2D eigenvalue weighted by atomic mass is 9.97. The fraction of sp³-hybridized carbons (Fsp3) is 0.333. The Morgan fingerprint density at radius 2 is 1.55 bits per heavy atom. The smallest absolute Gasteiger partial charge is 0.282 e. The van der Waals surface area contributed by atoms with E-state index in [4.69, 9.17) is 9.47 Å². The van der Waals surface area contributed by atoms with Crippen molar-refractivity contribution < 1.29 is 24.2 Å². The maximum absolute atomic E-state index is 13.6. The third-order valence-corrected chi connectivity index (χ3v) is 5.86. The molecule has 162 valence electrons. The van der Waals surface area contributed by atoms with Crippen LogP contribution in [0, 0.1) is 5.92 Å². The molecule has 7 heteroatoms. The molecule has 0 radical (unpaired) electrons. The van der Waals surface area contributed by atoms with Crippen molar-refractivity contribution in [1.29, 1.82) is 0 Å². The van der Waals surface area contributed by atoms with Crippen molar-refractivity contribution in [3.8, 4) is 11.5 Å². The Bertz CT molecular complexity index is 998. The molecule has 1 saturated heterocycles. The summed E-state index contributed by atoms with van der Waals surface area (Å²) in [7, 11) is 3.15. The number of nitrogens with zero attached hydrogens (tertiary/aromatic N) is 2. The first-order valence-corrected chi connectivity index (χ1v) is 10.3. The molecule has 0 saturated carbocycles. The molecule has 1 atom stereocenters. The highest BCUT2D eigenvalue weighted by atomic mass is 16.5. The SMILES string of the molecule is COc1ccc(C2=C(N3CCCC(CO)C3)C(=O)N(c3ccc(OC)cc3)C2=O)cc1. The molecule has 7 nitrogen and oxygen atoms in total. The molecule has 2 aromatic rings. The molecule has 2 aliphatic heterocycles. The van der Waals surface area contributed by atoms with Crippen molar-refractivity contribution in [3.05, 3.63) is 59.8 Å². The summed E-state index contributed by atoms with van der Waals surface area (Å²) in [5.41, 5.74) is 1.93. The molecule has 2 amide bonds. The number of aliphatic hydroxyl groups is 1. The Morgan fingerprint density at radius 3 is 2.13 bits per heavy atom. The van der Waals surface area contributed by atoms with Crippen LogP contribution in [0.25, 0.3) is 5.57 Å². The molecule has 0 aliphatic carbocycles. The Hall–Kier alpha value is -3.32. The van der Waals surface area contributed by atoms with E-state index < -0.39 is 0 Å². The summed E-state index contributed by atoms with van der Waals surface area (Å²) in [6, 6.07) is 14.0. The quantitative estimate of drug-likeness (QED) is 0.721. The zero-order chi connectivity index (χ0) is 22.0. The van der Waals surface area contributed by atoms with Gasteiger partial charge in [0.2, 0.25) is 0 Å². The van der Waals surface area contributed by atoms with Gasteiger partial charge in [0.15, 0.2) is 0 Å². The third-order valence-electron chi connectivity index (χ3n) is 5.86. The number of piperidine rings is 1. The number of imide groups is 1. The van der Waals surface area contributed by atoms with Crippen LogP contribution in [-0.4, -0.2) is 55.7 Å². The predicted molar refractivity (Wildman–Crippen MR) is 117 cm³/mol. The van der Waals surface area contributed by atoms with E-state index in [0.717, 1.165) is 12.8 Å². The Balaban J connectivity index is 1.78. The van der Waals surface area contributed by atoms with Crippen molar-refractivity contribution in [1.82, 2.24) is 4.90 Å². The van der Waals surface area contributed by atoms with Gasteiger partial charge in [-0.2, -0.15) is 0 Å². The summed E-state index contributed by atoms with van der Waals surface area (Å²) in [5.74, 6) is 0.693. The van der Waals surface area contributed by atoms with Gasteiger partial charge in [-0.05, 0) is 60.7 Å². The molecular weight excluding hydrogens is 396 g/mol. The highest BCUT2D eigenvalue weighted by Gasteiger charge is 2.43. The summed E-state index contributed by atoms with van der Waals surface area (Å²) < 4.78 is 10.4. The molecule has 1 N–H and O–H groups in total. The fourth-order valence-electron chi connectivity index (χ4n) is 4.21. The van der Waals surface area contributed by atoms with Crippen LogP contribution in [0.4, 0.5) is 5.69 Å². The number of benzene rings is 2. The van der Waals surface area contributed by atoms with E-state index in [2.05, 4.69) is 0 Å². The van der Waals surface area contributed by atoms with Gasteiger partial charge >= 0.3 is 0 Å². The van der Waals surface area contributed by atoms with Crippen LogP contribution in [0.15, 0.2) is 54.2 Å². The van der Waals surface area contributed by atoms with Crippen LogP contribution in [0.2, 0.25) is 0 Å². The third kappa shape index (κ3) is 3.88. The summed E-state index contributed by atoms with van der Waals surface area (Å²) in [6.07, 6.45) is 1.76. The van der Waals surface area contributed by atoms with Gasteiger partial charge < -0.3 is 19.5 Å². The van der Waals surface area contributed by atoms with Crippen molar-refractivity contribution in [2.75, 3.05) is 38.8 Å². The molecule has 0 spiro atoms. The number of anilines is 1. The fourth-order valence-corrected chi connectivity index (χ4v) is 4.21. The van der Waals surface area contributed by atoms with Crippen LogP contribution in [0.5, 0.6) is 11.5 Å². The summed E-state index contributed by atoms with van der Waals surface area (Å²) in [4.78, 5) is 30.3. The number of aliphatic hydroxyl groups excluding tert-OH is 1. The van der Waals surface area contributed by atoms with Crippen LogP contribution >= 0.6 is 0 Å². The van der Waals surface area contributed by atoms with Gasteiger partial charge in [-0.25, -0.2) is 4.90 Å². The number of hydrogen-bond acceptors (Lipinski definition) is 6. The first kappa shape index (κ1) is 20.9. The van der Waals surface area contributed by atoms with E-state index in [1.165, 1.54) is 4.90 Å². The highest BCUT2D eigenvalue weighted by Crippen LogP contribution is 2.37. The van der Waals surface area contributed by atoms with E-state index in [1.807, 2.05) is 4.90 Å². The Morgan fingerprint density at radius 1 is 0.935 bits per heavy atom. The first-order chi connectivity index (χ1) is 15.1. The lowest BCUT2D eigenvalue weighted by Gasteiger charge is -2.34. The van der Waals surface area contributed by atoms with Crippen LogP contribution < -0.4 is 14.4 Å². The molecule has 2 heterocycles. The van der Waals surface area contributed by atoms with E-state index in [0.29, 0.717) is 47.1 Å². The lowest BCUT2D eigenvalue weighted by Crippen LogP contribution is -2.40. The average Bonchev–Trinajstić information content (AvgIpc) is 3.09. The number of rotatable bonds is 6. The number of likely N-dealkylation sites (tertiary alicyclic amines) is 1. The van der Waals surface area contributed by atoms with Gasteiger partial charge in [0, 0.05) is 19.7 Å². The Labute approximate surface area is 181 Å². The molecule has 1 fully saturated rings. The van der Waals surface area contributed by atoms with E-state index in [-0.39, 0.29) is 24.3 Å². The number of methoxy groups -OCH3 is 2. The summed E-state index contributed by atoms with van der Waals surface area (Å²) >= 11 is 0. The number of hydrogen-bond donors (Lipinski definition) is 1. The minimum atomic E-state index is -0.360. The van der Waals surface area contributed by atoms with E-state index >= 15 is 0 Å². The van der Waals surface area contributed by atoms with Crippen molar-refractivity contribution in [2.24, 2.45) is 5.92 Å². The number of carbonyl (C=O) groups is 2. The minimum absolute atomic E-state index is 0.0615. The van der Waals surface area contributed by atoms with Gasteiger partial charge in [0.1, 0.15) is 17.2 Å². The van der Waals surface area contributed by atoms with Gasteiger partial charge in [0.25, 0.3) is 11.8 Å². The molecule has 2 aliphatic rings. The van der Waals surface area contributed by atoms with Gasteiger partial charge in [0.05, 0.1) is 25.5 Å². The molecule has 2 aromatic carbocycles. The monoisotopic (exact) mass is 422 g/mol. The molecule has 0 bridgehead atoms. The van der Waals surface area contributed by atoms with Gasteiger partial charge in [-0.15, -0.1) is 0 Å². The topological polar surface area (TPSA) is 79.3 Å². The normalized spacial score (nSPS) is 19.3. The molecule has 1 unspecified atom stereocenters. The zero-order valence-corrected chi connectivity index (χ0v) is 17.7. The molecule has 0 aromatic heterocycles. The standard InChI is InChI=1S/C24H26N2O5/c1-30-19-9-5-17(6-10-19)21-22(25-13-3-4-16(14-25)15-27)24(29)26(23(21)28)18-7-11-20(31-2)12-8-18/h5-12,16,27H,3-4,13-15H2,1-2H3. The lowest BCUT2D eigenvalue weighted by molar-refractivity contribution is -0.120. The second-order valence-corrected chi connectivity index (χ2v) is 7.73. The zero-order valence-electron chi connectivity index (χ0n) is 17.7. The maximum atomic E-state index is 13.6. The molecular formula is C24H26N2O5. The van der Waals surface area contributed by atoms with Gasteiger partial charge in [-0.1, -0.05) is 12.1 Å². The summed E-state index contributed by atoms with van der Waals surface area (Å²) in [6.45, 7) is 1.27. The number of ether oxygens (including phenoxy) is 2. The largest absolute Gasteiger partial charge is 0.497 e. The number of amides is 2. The highest BCUT2D eigenvalue weighted by molar-refractivity contribution is 6.45. The average molecular weight is 422 g/mol. The van der Waals surface area contributed by atoms with Crippen LogP contribution in [0.3, 0.4) is 0 Å². The van der Waals surface area contributed by atoms with Gasteiger partial charge in [-0.3, -0.25) is 9.59 Å². The van der Waals surface area contributed by atoms with Crippen LogP contribution in [0.1, 0.15) is 18.4 Å². The predicted octanol–water partition coefficient (Wildman–Crippen LogP) is 2.69. The Kier molecular flexibility index (Phi) is 5.95. The van der Waals surface area contributed by atoms with Crippen molar-refractivity contribution in [2.45, 2.75) is 12.8 Å². The van der Waals surface area contributed by atoms with Crippen molar-refractivity contribution in [3.63, 3.8) is 0 Å². The minimum Gasteiger partial charge on any atom is -0.497 e. The van der Waals surface area contributed by atoms with Crippen LogP contribution in [-0.2, 0) is 9.59 Å². The summed E-state index contributed by atoms with van der Waals surface area (Å²) in [5, 5.41) is 9.66. The van der Waals surface area contributed by atoms with E-state index in [1.54, 1.807) is 62.8 Å². The second-order valence-electron chi connectivity index (χ2n) is 7.73. The second kappa shape index (κ2) is 8.81. The molecule has 31 heavy (non-hydrogen) atoms.